The number of rotatable bonds is 5. The van der Waals surface area contributed by atoms with Gasteiger partial charge in [-0.3, -0.25) is 4.79 Å². The van der Waals surface area contributed by atoms with Gasteiger partial charge in [0.1, 0.15) is 11.6 Å². The van der Waals surface area contributed by atoms with E-state index >= 15 is 0 Å². The van der Waals surface area contributed by atoms with Crippen molar-refractivity contribution in [1.82, 2.24) is 9.21 Å². The van der Waals surface area contributed by atoms with Crippen molar-refractivity contribution in [3.63, 3.8) is 0 Å². The van der Waals surface area contributed by atoms with E-state index in [9.17, 15) is 30.8 Å². The van der Waals surface area contributed by atoms with Crippen LogP contribution >= 0.6 is 0 Å². The molecule has 1 aliphatic heterocycles. The van der Waals surface area contributed by atoms with Crippen LogP contribution < -0.4 is 4.74 Å². The zero-order chi connectivity index (χ0) is 21.9. The van der Waals surface area contributed by atoms with Crippen molar-refractivity contribution in [2.24, 2.45) is 0 Å². The summed E-state index contributed by atoms with van der Waals surface area (Å²) < 4.78 is 82.5. The second-order valence-electron chi connectivity index (χ2n) is 6.55. The molecule has 0 N–H and O–H groups in total. The van der Waals surface area contributed by atoms with E-state index in [-0.39, 0.29) is 43.4 Å². The minimum absolute atomic E-state index is 0.0326. The van der Waals surface area contributed by atoms with Gasteiger partial charge in [0.05, 0.1) is 10.5 Å². The third-order valence-electron chi connectivity index (χ3n) is 4.57. The average molecular weight is 446 g/mol. The van der Waals surface area contributed by atoms with Crippen LogP contribution in [-0.4, -0.2) is 56.3 Å². The molecule has 3 rings (SSSR count). The van der Waals surface area contributed by atoms with Crippen LogP contribution in [0.1, 0.15) is 5.56 Å². The molecule has 0 radical (unpaired) electrons. The summed E-state index contributed by atoms with van der Waals surface area (Å²) in [4.78, 5) is 13.5. The van der Waals surface area contributed by atoms with E-state index in [1.807, 2.05) is 0 Å². The van der Waals surface area contributed by atoms with Crippen LogP contribution in [0.4, 0.5) is 17.6 Å². The fourth-order valence-corrected chi connectivity index (χ4v) is 4.39. The van der Waals surface area contributed by atoms with Crippen LogP contribution in [0.2, 0.25) is 0 Å². The number of hydrogen-bond donors (Lipinski definition) is 0. The minimum atomic E-state index is -4.46. The monoisotopic (exact) mass is 446 g/mol. The first-order valence-electron chi connectivity index (χ1n) is 8.91. The summed E-state index contributed by atoms with van der Waals surface area (Å²) in [6, 6.07) is 8.65. The van der Waals surface area contributed by atoms with E-state index in [0.717, 1.165) is 36.4 Å². The summed E-state index contributed by atoms with van der Waals surface area (Å²) in [5, 5.41) is 0. The largest absolute Gasteiger partial charge is 0.484 e. The van der Waals surface area contributed by atoms with Gasteiger partial charge < -0.3 is 9.64 Å². The summed E-state index contributed by atoms with van der Waals surface area (Å²) in [5.41, 5.74) is -0.822. The standard InChI is InChI=1S/C19H18F4N2O4S/c20-15-2-1-3-17(12-15)30(27,28)25-10-8-24(9-11-25)18(26)13-29-16-6-4-14(5-7-16)19(21,22)23/h1-7,12H,8-11,13H2. The Labute approximate surface area is 170 Å². The molecule has 0 unspecified atom stereocenters. The van der Waals surface area contributed by atoms with Crippen molar-refractivity contribution in [3.8, 4) is 5.75 Å². The Morgan fingerprint density at radius 3 is 2.20 bits per heavy atom. The van der Waals surface area contributed by atoms with Crippen LogP contribution in [0.25, 0.3) is 0 Å². The second kappa shape index (κ2) is 8.60. The lowest BCUT2D eigenvalue weighted by atomic mass is 10.2. The molecule has 6 nitrogen and oxygen atoms in total. The first kappa shape index (κ1) is 22.0. The summed E-state index contributed by atoms with van der Waals surface area (Å²) in [6.07, 6.45) is -4.46. The highest BCUT2D eigenvalue weighted by Gasteiger charge is 2.31. The Balaban J connectivity index is 1.53. The van der Waals surface area contributed by atoms with Gasteiger partial charge in [0, 0.05) is 26.2 Å². The lowest BCUT2D eigenvalue weighted by Gasteiger charge is -2.34. The Morgan fingerprint density at radius 1 is 1.00 bits per heavy atom. The molecular formula is C19H18F4N2O4S. The van der Waals surface area contributed by atoms with Crippen LogP contribution in [-0.2, 0) is 21.0 Å². The van der Waals surface area contributed by atoms with Crippen LogP contribution in [0, 0.1) is 5.82 Å². The summed E-state index contributed by atoms with van der Waals surface area (Å²) in [7, 11) is -3.87. The molecule has 1 fully saturated rings. The number of sulfonamides is 1. The van der Waals surface area contributed by atoms with Gasteiger partial charge in [-0.15, -0.1) is 0 Å². The summed E-state index contributed by atoms with van der Waals surface area (Å²) in [6.45, 7) is -0.0920. The molecule has 1 saturated heterocycles. The predicted octanol–water partition coefficient (Wildman–Crippen LogP) is 2.76. The minimum Gasteiger partial charge on any atom is -0.484 e. The summed E-state index contributed by atoms with van der Waals surface area (Å²) >= 11 is 0. The van der Waals surface area contributed by atoms with Gasteiger partial charge in [-0.1, -0.05) is 6.07 Å². The number of amides is 1. The Bertz CT molecular complexity index is 1000. The Hall–Kier alpha value is -2.66. The van der Waals surface area contributed by atoms with Crippen LogP contribution in [0.3, 0.4) is 0 Å². The number of hydrogen-bond acceptors (Lipinski definition) is 4. The lowest BCUT2D eigenvalue weighted by molar-refractivity contribution is -0.138. The quantitative estimate of drug-likeness (QED) is 0.663. The van der Waals surface area contributed by atoms with Crippen molar-refractivity contribution in [1.29, 1.82) is 0 Å². The highest BCUT2D eigenvalue weighted by Crippen LogP contribution is 2.30. The topological polar surface area (TPSA) is 66.9 Å². The van der Waals surface area contributed by atoms with Crippen LogP contribution in [0.5, 0.6) is 5.75 Å². The van der Waals surface area contributed by atoms with Gasteiger partial charge in [-0.2, -0.15) is 17.5 Å². The zero-order valence-corrected chi connectivity index (χ0v) is 16.4. The molecular weight excluding hydrogens is 428 g/mol. The molecule has 30 heavy (non-hydrogen) atoms. The number of ether oxygens (including phenoxy) is 1. The molecule has 162 valence electrons. The lowest BCUT2D eigenvalue weighted by Crippen LogP contribution is -2.51. The van der Waals surface area contributed by atoms with Crippen LogP contribution in [0.15, 0.2) is 53.4 Å². The number of halogens is 4. The molecule has 1 heterocycles. The SMILES string of the molecule is O=C(COc1ccc(C(F)(F)F)cc1)N1CCN(S(=O)(=O)c2cccc(F)c2)CC1. The highest BCUT2D eigenvalue weighted by atomic mass is 32.2. The van der Waals surface area contributed by atoms with Crippen molar-refractivity contribution in [2.75, 3.05) is 32.8 Å². The van der Waals surface area contributed by atoms with Crippen molar-refractivity contribution >= 4 is 15.9 Å². The third kappa shape index (κ3) is 5.08. The van der Waals surface area contributed by atoms with Gasteiger partial charge in [-0.25, -0.2) is 12.8 Å². The average Bonchev–Trinajstić information content (AvgIpc) is 2.72. The second-order valence-corrected chi connectivity index (χ2v) is 8.49. The number of carbonyl (C=O) groups is 1. The van der Waals surface area contributed by atoms with Crippen molar-refractivity contribution < 1.29 is 35.5 Å². The van der Waals surface area contributed by atoms with Gasteiger partial charge in [0.2, 0.25) is 10.0 Å². The number of benzene rings is 2. The molecule has 0 atom stereocenters. The molecule has 2 aromatic rings. The maximum absolute atomic E-state index is 13.3. The van der Waals surface area contributed by atoms with Gasteiger partial charge in [0.25, 0.3) is 5.91 Å². The molecule has 0 aliphatic carbocycles. The number of piperazine rings is 1. The molecule has 0 saturated carbocycles. The van der Waals surface area contributed by atoms with E-state index in [4.69, 9.17) is 4.74 Å². The summed E-state index contributed by atoms with van der Waals surface area (Å²) in [5.74, 6) is -0.966. The van der Waals surface area contributed by atoms with Gasteiger partial charge in [0.15, 0.2) is 6.61 Å². The fraction of sp³-hybridized carbons (Fsp3) is 0.316. The normalized spacial score (nSPS) is 15.8. The van der Waals surface area contributed by atoms with Gasteiger partial charge >= 0.3 is 6.18 Å². The highest BCUT2D eigenvalue weighted by molar-refractivity contribution is 7.89. The molecule has 0 spiro atoms. The molecule has 11 heteroatoms. The fourth-order valence-electron chi connectivity index (χ4n) is 2.93. The van der Waals surface area contributed by atoms with Crippen molar-refractivity contribution in [2.45, 2.75) is 11.1 Å². The molecule has 0 bridgehead atoms. The molecule has 1 aliphatic rings. The Morgan fingerprint density at radius 2 is 1.63 bits per heavy atom. The maximum atomic E-state index is 13.3. The number of alkyl halides is 3. The molecule has 2 aromatic carbocycles. The van der Waals surface area contributed by atoms with E-state index < -0.39 is 33.5 Å². The first-order chi connectivity index (χ1) is 14.1. The van der Waals surface area contributed by atoms with Crippen molar-refractivity contribution in [3.05, 3.63) is 59.9 Å². The van der Waals surface area contributed by atoms with Gasteiger partial charge in [-0.05, 0) is 42.5 Å². The number of carbonyl (C=O) groups excluding carboxylic acids is 1. The molecule has 0 aromatic heterocycles. The van der Waals surface area contributed by atoms with E-state index in [2.05, 4.69) is 0 Å². The van der Waals surface area contributed by atoms with E-state index in [0.29, 0.717) is 0 Å². The maximum Gasteiger partial charge on any atom is 0.416 e. The number of nitrogens with zero attached hydrogens (tertiary/aromatic N) is 2. The first-order valence-corrected chi connectivity index (χ1v) is 10.3. The molecule has 1 amide bonds. The predicted molar refractivity (Wildman–Crippen MR) is 98.7 cm³/mol. The van der Waals surface area contributed by atoms with E-state index in [1.54, 1.807) is 0 Å². The smallest absolute Gasteiger partial charge is 0.416 e. The van der Waals surface area contributed by atoms with E-state index in [1.165, 1.54) is 21.3 Å². The Kier molecular flexibility index (Phi) is 6.32. The third-order valence-corrected chi connectivity index (χ3v) is 6.46. The zero-order valence-electron chi connectivity index (χ0n) is 15.6.